The predicted molar refractivity (Wildman–Crippen MR) is 113 cm³/mol. The van der Waals surface area contributed by atoms with Crippen molar-refractivity contribution in [1.29, 1.82) is 0 Å². The summed E-state index contributed by atoms with van der Waals surface area (Å²) in [5, 5.41) is 7.82. The molecule has 140 valence electrons. The molecule has 1 aromatic heterocycles. The number of aryl methyl sites for hydroxylation is 1. The molecule has 3 rings (SSSR count). The van der Waals surface area contributed by atoms with E-state index in [0.29, 0.717) is 11.6 Å². The van der Waals surface area contributed by atoms with Crippen LogP contribution in [0.5, 0.6) is 0 Å². The lowest BCUT2D eigenvalue weighted by atomic mass is 9.92. The summed E-state index contributed by atoms with van der Waals surface area (Å²) in [7, 11) is 0. The fraction of sp³-hybridized carbons (Fsp3) is 0.273. The topological polar surface area (TPSA) is 46.9 Å². The first-order valence-corrected chi connectivity index (χ1v) is 9.97. The second-order valence-corrected chi connectivity index (χ2v) is 8.56. The monoisotopic (exact) mass is 379 g/mol. The number of para-hydroxylation sites is 1. The van der Waals surface area contributed by atoms with Gasteiger partial charge >= 0.3 is 0 Å². The van der Waals surface area contributed by atoms with E-state index in [9.17, 15) is 4.79 Å². The maximum atomic E-state index is 12.5. The quantitative estimate of drug-likeness (QED) is 0.619. The predicted octanol–water partition coefficient (Wildman–Crippen LogP) is 5.21. The van der Waals surface area contributed by atoms with E-state index in [1.807, 2.05) is 72.3 Å². The van der Waals surface area contributed by atoms with Crippen molar-refractivity contribution in [3.8, 4) is 5.69 Å². The normalized spacial score (nSPS) is 11.4. The standard InChI is InChI=1S/C22H25N3OS/c1-16-10-8-9-13-18(16)25-20(14-19(24-25)22(2,3)4)23-21(26)15-27-17-11-6-5-7-12-17/h5-14H,15H2,1-4H3,(H,23,26). The fourth-order valence-corrected chi connectivity index (χ4v) is 3.39. The van der Waals surface area contributed by atoms with Crippen LogP contribution in [0.1, 0.15) is 32.0 Å². The van der Waals surface area contributed by atoms with Crippen molar-refractivity contribution in [2.75, 3.05) is 11.1 Å². The van der Waals surface area contributed by atoms with Crippen LogP contribution < -0.4 is 5.32 Å². The van der Waals surface area contributed by atoms with E-state index >= 15 is 0 Å². The highest BCUT2D eigenvalue weighted by Crippen LogP contribution is 2.27. The first kappa shape index (κ1) is 19.2. The highest BCUT2D eigenvalue weighted by molar-refractivity contribution is 8.00. The third kappa shape index (κ3) is 4.80. The van der Waals surface area contributed by atoms with Crippen molar-refractivity contribution in [3.63, 3.8) is 0 Å². The molecule has 27 heavy (non-hydrogen) atoms. The van der Waals surface area contributed by atoms with Gasteiger partial charge in [0.05, 0.1) is 17.1 Å². The van der Waals surface area contributed by atoms with Crippen LogP contribution in [0, 0.1) is 6.92 Å². The fourth-order valence-electron chi connectivity index (χ4n) is 2.67. The van der Waals surface area contributed by atoms with Crippen LogP contribution >= 0.6 is 11.8 Å². The number of rotatable bonds is 5. The van der Waals surface area contributed by atoms with Crippen LogP contribution in [-0.4, -0.2) is 21.4 Å². The molecule has 5 heteroatoms. The zero-order valence-corrected chi connectivity index (χ0v) is 17.0. The minimum absolute atomic E-state index is 0.0425. The number of amides is 1. The third-order valence-corrected chi connectivity index (χ3v) is 5.21. The number of thioether (sulfide) groups is 1. The molecular weight excluding hydrogens is 354 g/mol. The summed E-state index contributed by atoms with van der Waals surface area (Å²) in [4.78, 5) is 13.6. The van der Waals surface area contributed by atoms with Crippen molar-refractivity contribution in [1.82, 2.24) is 9.78 Å². The molecule has 0 aliphatic rings. The molecule has 0 fully saturated rings. The number of hydrogen-bond donors (Lipinski definition) is 1. The molecule has 0 spiro atoms. The molecule has 0 aliphatic heterocycles. The van der Waals surface area contributed by atoms with Gasteiger partial charge < -0.3 is 5.32 Å². The minimum Gasteiger partial charge on any atom is -0.310 e. The van der Waals surface area contributed by atoms with Gasteiger partial charge in [-0.05, 0) is 30.7 Å². The Morgan fingerprint density at radius 3 is 2.41 bits per heavy atom. The van der Waals surface area contributed by atoms with Gasteiger partial charge in [0.2, 0.25) is 5.91 Å². The summed E-state index contributed by atoms with van der Waals surface area (Å²) >= 11 is 1.52. The molecule has 1 amide bonds. The number of anilines is 1. The Kier molecular flexibility index (Phi) is 5.71. The van der Waals surface area contributed by atoms with Gasteiger partial charge in [0.25, 0.3) is 0 Å². The van der Waals surface area contributed by atoms with Crippen molar-refractivity contribution in [3.05, 3.63) is 71.9 Å². The average molecular weight is 380 g/mol. The number of hydrogen-bond acceptors (Lipinski definition) is 3. The summed E-state index contributed by atoms with van der Waals surface area (Å²) in [6, 6.07) is 20.0. The van der Waals surface area contributed by atoms with Gasteiger partial charge in [-0.25, -0.2) is 4.68 Å². The van der Waals surface area contributed by atoms with Crippen molar-refractivity contribution < 1.29 is 4.79 Å². The first-order valence-electron chi connectivity index (χ1n) is 8.99. The molecule has 0 unspecified atom stereocenters. The Balaban J connectivity index is 1.84. The highest BCUT2D eigenvalue weighted by Gasteiger charge is 2.22. The van der Waals surface area contributed by atoms with Crippen molar-refractivity contribution in [2.24, 2.45) is 0 Å². The number of carbonyl (C=O) groups excluding carboxylic acids is 1. The number of benzene rings is 2. The molecule has 0 saturated heterocycles. The second kappa shape index (κ2) is 8.01. The van der Waals surface area contributed by atoms with Gasteiger partial charge in [-0.3, -0.25) is 4.79 Å². The molecule has 2 aromatic carbocycles. The van der Waals surface area contributed by atoms with Crippen LogP contribution in [0.3, 0.4) is 0 Å². The van der Waals surface area contributed by atoms with Gasteiger partial charge in [0.1, 0.15) is 5.82 Å². The Morgan fingerprint density at radius 1 is 1.07 bits per heavy atom. The zero-order valence-electron chi connectivity index (χ0n) is 16.2. The van der Waals surface area contributed by atoms with E-state index < -0.39 is 0 Å². The molecule has 0 atom stereocenters. The zero-order chi connectivity index (χ0) is 19.4. The van der Waals surface area contributed by atoms with Crippen LogP contribution in [0.2, 0.25) is 0 Å². The molecule has 1 heterocycles. The van der Waals surface area contributed by atoms with Gasteiger partial charge in [-0.15, -0.1) is 11.8 Å². The van der Waals surface area contributed by atoms with E-state index in [1.165, 1.54) is 11.8 Å². The lowest BCUT2D eigenvalue weighted by Crippen LogP contribution is -2.17. The smallest absolute Gasteiger partial charge is 0.235 e. The third-order valence-electron chi connectivity index (χ3n) is 4.20. The summed E-state index contributed by atoms with van der Waals surface area (Å²) in [6.45, 7) is 8.40. The summed E-state index contributed by atoms with van der Waals surface area (Å²) in [5.41, 5.74) is 2.91. The number of nitrogens with one attached hydrogen (secondary N) is 1. The maximum absolute atomic E-state index is 12.5. The van der Waals surface area contributed by atoms with E-state index in [0.717, 1.165) is 21.8 Å². The largest absolute Gasteiger partial charge is 0.310 e. The van der Waals surface area contributed by atoms with E-state index in [-0.39, 0.29) is 11.3 Å². The lowest BCUT2D eigenvalue weighted by molar-refractivity contribution is -0.113. The van der Waals surface area contributed by atoms with Crippen LogP contribution in [0.4, 0.5) is 5.82 Å². The lowest BCUT2D eigenvalue weighted by Gasteiger charge is -2.14. The molecule has 0 aliphatic carbocycles. The summed E-state index contributed by atoms with van der Waals surface area (Å²) < 4.78 is 1.83. The van der Waals surface area contributed by atoms with Gasteiger partial charge in [-0.2, -0.15) is 5.10 Å². The highest BCUT2D eigenvalue weighted by atomic mass is 32.2. The van der Waals surface area contributed by atoms with Gasteiger partial charge in [-0.1, -0.05) is 57.2 Å². The SMILES string of the molecule is Cc1ccccc1-n1nc(C(C)(C)C)cc1NC(=O)CSc1ccccc1. The van der Waals surface area contributed by atoms with E-state index in [4.69, 9.17) is 5.10 Å². The molecular formula is C22H25N3OS. The number of aromatic nitrogens is 2. The Bertz CT molecular complexity index is 926. The Labute approximate surface area is 165 Å². The average Bonchev–Trinajstić information content (AvgIpc) is 3.05. The van der Waals surface area contributed by atoms with Gasteiger partial charge in [0.15, 0.2) is 0 Å². The number of nitrogens with zero attached hydrogens (tertiary/aromatic N) is 2. The molecule has 0 bridgehead atoms. The van der Waals surface area contributed by atoms with Crippen molar-refractivity contribution >= 4 is 23.5 Å². The molecule has 0 saturated carbocycles. The second-order valence-electron chi connectivity index (χ2n) is 7.51. The van der Waals surface area contributed by atoms with E-state index in [1.54, 1.807) is 0 Å². The van der Waals surface area contributed by atoms with Crippen LogP contribution in [-0.2, 0) is 10.2 Å². The van der Waals surface area contributed by atoms with Crippen LogP contribution in [0.25, 0.3) is 5.69 Å². The molecule has 0 radical (unpaired) electrons. The summed E-state index contributed by atoms with van der Waals surface area (Å²) in [6.07, 6.45) is 0. The first-order chi connectivity index (χ1) is 12.8. The van der Waals surface area contributed by atoms with Crippen LogP contribution in [0.15, 0.2) is 65.6 Å². The Hall–Kier alpha value is -2.53. The number of carbonyl (C=O) groups is 1. The summed E-state index contributed by atoms with van der Waals surface area (Å²) in [5.74, 6) is 1.01. The van der Waals surface area contributed by atoms with E-state index in [2.05, 4.69) is 26.1 Å². The van der Waals surface area contributed by atoms with Gasteiger partial charge in [0, 0.05) is 16.4 Å². The van der Waals surface area contributed by atoms with Crippen molar-refractivity contribution in [2.45, 2.75) is 38.0 Å². The minimum atomic E-state index is -0.105. The molecule has 1 N–H and O–H groups in total. The molecule has 4 nitrogen and oxygen atoms in total. The Morgan fingerprint density at radius 2 is 1.74 bits per heavy atom. The maximum Gasteiger partial charge on any atom is 0.235 e. The molecule has 3 aromatic rings.